The highest BCUT2D eigenvalue weighted by atomic mass is 16.6. The van der Waals surface area contributed by atoms with Crippen LogP contribution in [0.5, 0.6) is 0 Å². The van der Waals surface area contributed by atoms with E-state index in [0.29, 0.717) is 6.61 Å². The zero-order valence-corrected chi connectivity index (χ0v) is 8.64. The second-order valence-electron chi connectivity index (χ2n) is 3.08. The molecule has 0 saturated heterocycles. The van der Waals surface area contributed by atoms with Crippen LogP contribution in [0.3, 0.4) is 0 Å². The van der Waals surface area contributed by atoms with E-state index >= 15 is 0 Å². The van der Waals surface area contributed by atoms with Crippen molar-refractivity contribution < 1.29 is 14.7 Å². The van der Waals surface area contributed by atoms with Crippen LogP contribution in [0.1, 0.15) is 18.4 Å². The van der Waals surface area contributed by atoms with Gasteiger partial charge in [0.1, 0.15) is 0 Å². The largest absolute Gasteiger partial charge is 0.481 e. The lowest BCUT2D eigenvalue weighted by molar-refractivity contribution is -0.139. The first kappa shape index (κ1) is 11.7. The summed E-state index contributed by atoms with van der Waals surface area (Å²) in [5.74, 6) is -1.42. The molecule has 4 heteroatoms. The molecule has 0 aliphatic carbocycles. The zero-order valence-electron chi connectivity index (χ0n) is 8.64. The Balaban J connectivity index is 2.62. The van der Waals surface area contributed by atoms with Crippen LogP contribution in [-0.4, -0.2) is 24.2 Å². The van der Waals surface area contributed by atoms with Gasteiger partial charge < -0.3 is 9.94 Å². The van der Waals surface area contributed by atoms with Crippen molar-refractivity contribution in [2.24, 2.45) is 0 Å². The van der Waals surface area contributed by atoms with E-state index in [1.54, 1.807) is 12.1 Å². The second kappa shape index (κ2) is 6.16. The van der Waals surface area contributed by atoms with Crippen molar-refractivity contribution in [3.05, 3.63) is 35.9 Å². The highest BCUT2D eigenvalue weighted by Gasteiger charge is 2.18. The maximum Gasteiger partial charge on any atom is 0.312 e. The Morgan fingerprint density at radius 2 is 2.13 bits per heavy atom. The Morgan fingerprint density at radius 3 is 2.67 bits per heavy atom. The molecular formula is C11H15NO3. The second-order valence-corrected chi connectivity index (χ2v) is 3.08. The molecule has 0 saturated carbocycles. The quantitative estimate of drug-likeness (QED) is 0.549. The normalized spacial score (nSPS) is 12.3. The first-order valence-corrected chi connectivity index (χ1v) is 4.88. The monoisotopic (exact) mass is 209 g/mol. The number of benzene rings is 1. The number of aliphatic carboxylic acids is 1. The van der Waals surface area contributed by atoms with Crippen molar-refractivity contribution in [2.45, 2.75) is 12.8 Å². The lowest BCUT2D eigenvalue weighted by Crippen LogP contribution is -2.27. The van der Waals surface area contributed by atoms with E-state index < -0.39 is 11.9 Å². The Labute approximate surface area is 88.8 Å². The minimum Gasteiger partial charge on any atom is -0.481 e. The first-order valence-electron chi connectivity index (χ1n) is 4.88. The molecule has 82 valence electrons. The van der Waals surface area contributed by atoms with Gasteiger partial charge in [-0.15, -0.1) is 0 Å². The van der Waals surface area contributed by atoms with Gasteiger partial charge in [-0.3, -0.25) is 4.79 Å². The summed E-state index contributed by atoms with van der Waals surface area (Å²) in [4.78, 5) is 15.9. The Bertz CT molecular complexity index is 300. The standard InChI is InChI=1S/C11H15NO3/c1-2-15-12-8-10(11(13)14)9-6-4-3-5-7-9/h3-7,10,12H,2,8H2,1H3,(H,13,14). The van der Waals surface area contributed by atoms with Gasteiger partial charge in [0.05, 0.1) is 12.5 Å². The van der Waals surface area contributed by atoms with Crippen molar-refractivity contribution in [1.82, 2.24) is 5.48 Å². The molecule has 4 nitrogen and oxygen atoms in total. The number of hydrogen-bond acceptors (Lipinski definition) is 3. The summed E-state index contributed by atoms with van der Waals surface area (Å²) in [6.07, 6.45) is 0. The Kier molecular flexibility index (Phi) is 4.80. The van der Waals surface area contributed by atoms with E-state index in [1.807, 2.05) is 25.1 Å². The topological polar surface area (TPSA) is 58.6 Å². The lowest BCUT2D eigenvalue weighted by Gasteiger charge is -2.12. The molecule has 1 rings (SSSR count). The van der Waals surface area contributed by atoms with E-state index in [4.69, 9.17) is 9.94 Å². The molecule has 0 amide bonds. The third-order valence-electron chi connectivity index (χ3n) is 2.03. The van der Waals surface area contributed by atoms with Crippen molar-refractivity contribution >= 4 is 5.97 Å². The van der Waals surface area contributed by atoms with Gasteiger partial charge >= 0.3 is 5.97 Å². The fourth-order valence-corrected chi connectivity index (χ4v) is 1.28. The van der Waals surface area contributed by atoms with Crippen LogP contribution in [0.4, 0.5) is 0 Å². The van der Waals surface area contributed by atoms with Crippen LogP contribution in [0.25, 0.3) is 0 Å². The number of carboxylic acid groups (broad SMARTS) is 1. The van der Waals surface area contributed by atoms with Gasteiger partial charge in [0.25, 0.3) is 0 Å². The fourth-order valence-electron chi connectivity index (χ4n) is 1.28. The summed E-state index contributed by atoms with van der Waals surface area (Å²) in [7, 11) is 0. The van der Waals surface area contributed by atoms with Gasteiger partial charge in [0, 0.05) is 6.54 Å². The summed E-state index contributed by atoms with van der Waals surface area (Å²) in [6.45, 7) is 2.62. The molecule has 2 N–H and O–H groups in total. The van der Waals surface area contributed by atoms with Gasteiger partial charge in [-0.1, -0.05) is 30.3 Å². The van der Waals surface area contributed by atoms with Crippen molar-refractivity contribution in [2.75, 3.05) is 13.2 Å². The molecule has 0 heterocycles. The molecule has 1 aromatic rings. The number of hydroxylamine groups is 1. The van der Waals surface area contributed by atoms with Crippen LogP contribution in [0, 0.1) is 0 Å². The third kappa shape index (κ3) is 3.69. The van der Waals surface area contributed by atoms with E-state index in [-0.39, 0.29) is 6.54 Å². The average Bonchev–Trinajstić information content (AvgIpc) is 2.25. The van der Waals surface area contributed by atoms with Crippen molar-refractivity contribution in [3.8, 4) is 0 Å². The highest BCUT2D eigenvalue weighted by molar-refractivity contribution is 5.76. The van der Waals surface area contributed by atoms with Crippen LogP contribution in [0.15, 0.2) is 30.3 Å². The van der Waals surface area contributed by atoms with Crippen LogP contribution < -0.4 is 5.48 Å². The summed E-state index contributed by atoms with van der Waals surface area (Å²) in [5, 5.41) is 9.03. The summed E-state index contributed by atoms with van der Waals surface area (Å²) < 4.78 is 0. The number of rotatable bonds is 6. The maximum absolute atomic E-state index is 11.0. The predicted molar refractivity (Wildman–Crippen MR) is 56.4 cm³/mol. The summed E-state index contributed by atoms with van der Waals surface area (Å²) in [5.41, 5.74) is 3.41. The Hall–Kier alpha value is -1.39. The fraction of sp³-hybridized carbons (Fsp3) is 0.364. The van der Waals surface area contributed by atoms with Gasteiger partial charge in [0.15, 0.2) is 0 Å². The molecule has 0 spiro atoms. The molecule has 0 aliphatic heterocycles. The Morgan fingerprint density at radius 1 is 1.47 bits per heavy atom. The van der Waals surface area contributed by atoms with E-state index in [0.717, 1.165) is 5.56 Å². The maximum atomic E-state index is 11.0. The van der Waals surface area contributed by atoms with Crippen molar-refractivity contribution in [1.29, 1.82) is 0 Å². The van der Waals surface area contributed by atoms with Crippen LogP contribution in [-0.2, 0) is 9.63 Å². The molecule has 0 aliphatic rings. The number of hydrogen-bond donors (Lipinski definition) is 2. The van der Waals surface area contributed by atoms with Gasteiger partial charge in [0.2, 0.25) is 0 Å². The minimum absolute atomic E-state index is 0.271. The van der Waals surface area contributed by atoms with Crippen LogP contribution >= 0.6 is 0 Å². The van der Waals surface area contributed by atoms with Crippen LogP contribution in [0.2, 0.25) is 0 Å². The molecule has 1 unspecified atom stereocenters. The van der Waals surface area contributed by atoms with E-state index in [1.165, 1.54) is 0 Å². The van der Waals surface area contributed by atoms with Gasteiger partial charge in [-0.05, 0) is 12.5 Å². The van der Waals surface area contributed by atoms with Crippen molar-refractivity contribution in [3.63, 3.8) is 0 Å². The molecular weight excluding hydrogens is 194 g/mol. The zero-order chi connectivity index (χ0) is 11.1. The summed E-state index contributed by atoms with van der Waals surface area (Å²) in [6, 6.07) is 9.11. The predicted octanol–water partition coefficient (Wildman–Crippen LogP) is 1.40. The number of carboxylic acids is 1. The molecule has 0 aromatic heterocycles. The highest BCUT2D eigenvalue weighted by Crippen LogP contribution is 2.14. The minimum atomic E-state index is -0.853. The number of carbonyl (C=O) groups is 1. The van der Waals surface area contributed by atoms with Gasteiger partial charge in [-0.25, -0.2) is 5.48 Å². The SMILES string of the molecule is CCONCC(C(=O)O)c1ccccc1. The van der Waals surface area contributed by atoms with E-state index in [2.05, 4.69) is 5.48 Å². The lowest BCUT2D eigenvalue weighted by atomic mass is 10.00. The molecule has 1 aromatic carbocycles. The molecule has 15 heavy (non-hydrogen) atoms. The molecule has 1 atom stereocenters. The smallest absolute Gasteiger partial charge is 0.312 e. The molecule has 0 bridgehead atoms. The summed E-state index contributed by atoms with van der Waals surface area (Å²) >= 11 is 0. The first-order chi connectivity index (χ1) is 7.25. The average molecular weight is 209 g/mol. The molecule has 0 radical (unpaired) electrons. The van der Waals surface area contributed by atoms with E-state index in [9.17, 15) is 4.79 Å². The van der Waals surface area contributed by atoms with Gasteiger partial charge in [-0.2, -0.15) is 0 Å². The third-order valence-corrected chi connectivity index (χ3v) is 2.03. The molecule has 0 fully saturated rings. The number of nitrogens with one attached hydrogen (secondary N) is 1.